The number of nitrogens with one attached hydrogen (secondary N) is 1. The van der Waals surface area contributed by atoms with Crippen molar-refractivity contribution in [1.29, 1.82) is 0 Å². The minimum atomic E-state index is -0.0924. The molecule has 0 amide bonds. The van der Waals surface area contributed by atoms with Crippen LogP contribution in [0.15, 0.2) is 29.8 Å². The molecule has 4 aliphatic rings. The van der Waals surface area contributed by atoms with Crippen LogP contribution in [0.5, 0.6) is 11.5 Å². The van der Waals surface area contributed by atoms with Gasteiger partial charge in [0.15, 0.2) is 11.5 Å². The van der Waals surface area contributed by atoms with Gasteiger partial charge in [0.2, 0.25) is 6.79 Å². The zero-order valence-corrected chi connectivity index (χ0v) is 16.7. The highest BCUT2D eigenvalue weighted by Gasteiger charge is 2.51. The fourth-order valence-electron chi connectivity index (χ4n) is 5.70. The predicted molar refractivity (Wildman–Crippen MR) is 105 cm³/mol. The predicted octanol–water partition coefficient (Wildman–Crippen LogP) is 3.82. The maximum Gasteiger partial charge on any atom is 0.311 e. The zero-order valence-electron chi connectivity index (χ0n) is 16.7. The van der Waals surface area contributed by atoms with Gasteiger partial charge in [-0.3, -0.25) is 4.79 Å². The second-order valence-corrected chi connectivity index (χ2v) is 9.16. The Labute approximate surface area is 166 Å². The normalized spacial score (nSPS) is 35.8. The van der Waals surface area contributed by atoms with E-state index in [0.717, 1.165) is 23.5 Å². The number of esters is 1. The van der Waals surface area contributed by atoms with Crippen LogP contribution in [0.2, 0.25) is 0 Å². The molecule has 0 bridgehead atoms. The Bertz CT molecular complexity index is 819. The van der Waals surface area contributed by atoms with Crippen LogP contribution >= 0.6 is 0 Å². The van der Waals surface area contributed by atoms with Crippen LogP contribution in [0, 0.1) is 23.2 Å². The molecule has 2 heterocycles. The van der Waals surface area contributed by atoms with Gasteiger partial charge in [-0.15, -0.1) is 0 Å². The summed E-state index contributed by atoms with van der Waals surface area (Å²) in [6.45, 7) is 6.33. The summed E-state index contributed by atoms with van der Waals surface area (Å²) < 4.78 is 16.6. The van der Waals surface area contributed by atoms with Gasteiger partial charge in [0, 0.05) is 19.0 Å². The van der Waals surface area contributed by atoms with Crippen LogP contribution in [-0.4, -0.2) is 25.4 Å². The van der Waals surface area contributed by atoms with E-state index < -0.39 is 0 Å². The highest BCUT2D eigenvalue weighted by Crippen LogP contribution is 2.53. The Hall–Kier alpha value is -2.01. The Balaban J connectivity index is 1.27. The Morgan fingerprint density at radius 1 is 1.25 bits per heavy atom. The molecule has 1 aromatic carbocycles. The summed E-state index contributed by atoms with van der Waals surface area (Å²) in [6, 6.07) is 5.98. The lowest BCUT2D eigenvalue weighted by Gasteiger charge is -2.46. The van der Waals surface area contributed by atoms with E-state index in [4.69, 9.17) is 14.2 Å². The highest BCUT2D eigenvalue weighted by atomic mass is 16.7. The van der Waals surface area contributed by atoms with E-state index in [-0.39, 0.29) is 36.1 Å². The van der Waals surface area contributed by atoms with Crippen molar-refractivity contribution in [1.82, 2.24) is 5.32 Å². The molecule has 150 valence electrons. The van der Waals surface area contributed by atoms with Gasteiger partial charge < -0.3 is 19.5 Å². The minimum Gasteiger partial charge on any atom is -0.461 e. The third-order valence-electron chi connectivity index (χ3n) is 7.21. The third kappa shape index (κ3) is 3.00. The molecule has 1 N–H and O–H groups in total. The van der Waals surface area contributed by atoms with Crippen molar-refractivity contribution in [2.24, 2.45) is 23.2 Å². The zero-order chi connectivity index (χ0) is 19.3. The lowest BCUT2D eigenvalue weighted by Crippen LogP contribution is -2.40. The molecule has 5 rings (SSSR count). The molecule has 2 aliphatic heterocycles. The Morgan fingerprint density at radius 3 is 3.00 bits per heavy atom. The molecule has 0 aromatic heterocycles. The molecule has 28 heavy (non-hydrogen) atoms. The van der Waals surface area contributed by atoms with E-state index in [1.54, 1.807) is 5.57 Å². The fourth-order valence-corrected chi connectivity index (χ4v) is 5.70. The number of allylic oxidation sites excluding steroid dienone is 1. The van der Waals surface area contributed by atoms with Crippen molar-refractivity contribution in [3.8, 4) is 11.5 Å². The van der Waals surface area contributed by atoms with E-state index in [1.165, 1.54) is 19.3 Å². The van der Waals surface area contributed by atoms with Crippen molar-refractivity contribution in [2.45, 2.75) is 52.2 Å². The number of hydrogen-bond donors (Lipinski definition) is 1. The molecule has 5 nitrogen and oxygen atoms in total. The lowest BCUT2D eigenvalue weighted by atomic mass is 9.59. The number of hydrogen-bond acceptors (Lipinski definition) is 5. The number of fused-ring (bicyclic) bond motifs is 3. The van der Waals surface area contributed by atoms with Crippen molar-refractivity contribution in [3.05, 3.63) is 35.4 Å². The van der Waals surface area contributed by atoms with Gasteiger partial charge in [-0.25, -0.2) is 0 Å². The standard InChI is InChI=1S/C23H29NO4/c1-14-4-3-7-23(2)10-21-16(9-18(14)23)17(22(25)28-21)12-24-11-15-5-6-19-20(8-15)27-13-26-19/h5-6,8-9,14,16-17,21,24H,3-4,7,10-13H2,1-2H3. The number of benzene rings is 1. The van der Waals surface area contributed by atoms with Gasteiger partial charge >= 0.3 is 5.97 Å². The number of carbonyl (C=O) groups is 1. The van der Waals surface area contributed by atoms with E-state index >= 15 is 0 Å². The third-order valence-corrected chi connectivity index (χ3v) is 7.21. The van der Waals surface area contributed by atoms with E-state index in [2.05, 4.69) is 25.2 Å². The molecular weight excluding hydrogens is 354 g/mol. The first-order valence-electron chi connectivity index (χ1n) is 10.6. The molecule has 1 aromatic rings. The molecule has 5 heteroatoms. The van der Waals surface area contributed by atoms with Crippen molar-refractivity contribution >= 4 is 5.97 Å². The van der Waals surface area contributed by atoms with Gasteiger partial charge in [-0.2, -0.15) is 0 Å². The molecule has 2 aliphatic carbocycles. The number of rotatable bonds is 4. The van der Waals surface area contributed by atoms with Gasteiger partial charge in [0.05, 0.1) is 5.92 Å². The monoisotopic (exact) mass is 383 g/mol. The summed E-state index contributed by atoms with van der Waals surface area (Å²) >= 11 is 0. The fraction of sp³-hybridized carbons (Fsp3) is 0.609. The van der Waals surface area contributed by atoms with Crippen molar-refractivity contribution in [3.63, 3.8) is 0 Å². The summed E-state index contributed by atoms with van der Waals surface area (Å²) in [4.78, 5) is 12.6. The summed E-state index contributed by atoms with van der Waals surface area (Å²) in [6.07, 6.45) is 7.20. The summed E-state index contributed by atoms with van der Waals surface area (Å²) in [5.74, 6) is 2.29. The van der Waals surface area contributed by atoms with Crippen LogP contribution in [0.4, 0.5) is 0 Å². The van der Waals surface area contributed by atoms with Crippen molar-refractivity contribution in [2.75, 3.05) is 13.3 Å². The summed E-state index contributed by atoms with van der Waals surface area (Å²) in [7, 11) is 0. The van der Waals surface area contributed by atoms with Crippen LogP contribution in [0.25, 0.3) is 0 Å². The average molecular weight is 383 g/mol. The summed E-state index contributed by atoms with van der Waals surface area (Å²) in [5.41, 5.74) is 2.91. The second kappa shape index (κ2) is 6.80. The lowest BCUT2D eigenvalue weighted by molar-refractivity contribution is -0.145. The topological polar surface area (TPSA) is 56.8 Å². The van der Waals surface area contributed by atoms with E-state index in [9.17, 15) is 4.79 Å². The molecule has 0 radical (unpaired) electrons. The maximum absolute atomic E-state index is 12.6. The highest BCUT2D eigenvalue weighted by molar-refractivity contribution is 5.76. The van der Waals surface area contributed by atoms with Crippen LogP contribution in [0.1, 0.15) is 45.1 Å². The SMILES string of the molecule is CC1CCCC2(C)CC3OC(=O)C(CNCc4ccc5c(c4)OCO5)C3C=C12. The minimum absolute atomic E-state index is 0.0417. The molecule has 5 unspecified atom stereocenters. The first kappa shape index (κ1) is 18.0. The first-order chi connectivity index (χ1) is 13.5. The second-order valence-electron chi connectivity index (χ2n) is 9.16. The van der Waals surface area contributed by atoms with Crippen LogP contribution in [0.3, 0.4) is 0 Å². The smallest absolute Gasteiger partial charge is 0.311 e. The van der Waals surface area contributed by atoms with Crippen molar-refractivity contribution < 1.29 is 19.0 Å². The first-order valence-corrected chi connectivity index (χ1v) is 10.6. The number of carbonyl (C=O) groups excluding carboxylic acids is 1. The van der Waals surface area contributed by atoms with Gasteiger partial charge in [-0.1, -0.05) is 38.0 Å². The quantitative estimate of drug-likeness (QED) is 0.633. The molecule has 5 atom stereocenters. The number of ether oxygens (including phenoxy) is 3. The maximum atomic E-state index is 12.6. The van der Waals surface area contributed by atoms with Crippen LogP contribution in [-0.2, 0) is 16.1 Å². The largest absolute Gasteiger partial charge is 0.461 e. The molecule has 1 saturated heterocycles. The van der Waals surface area contributed by atoms with Gasteiger partial charge in [0.1, 0.15) is 6.10 Å². The average Bonchev–Trinajstić information content (AvgIpc) is 3.24. The molecule has 2 fully saturated rings. The van der Waals surface area contributed by atoms with E-state index in [0.29, 0.717) is 19.0 Å². The summed E-state index contributed by atoms with van der Waals surface area (Å²) in [5, 5.41) is 3.46. The molecular formula is C23H29NO4. The van der Waals surface area contributed by atoms with E-state index in [1.807, 2.05) is 18.2 Å². The Kier molecular flexibility index (Phi) is 4.38. The molecule has 1 saturated carbocycles. The van der Waals surface area contributed by atoms with Gasteiger partial charge in [-0.05, 0) is 48.3 Å². The Morgan fingerprint density at radius 2 is 2.11 bits per heavy atom. The molecule has 0 spiro atoms. The van der Waals surface area contributed by atoms with Gasteiger partial charge in [0.25, 0.3) is 0 Å². The van der Waals surface area contributed by atoms with Crippen LogP contribution < -0.4 is 14.8 Å².